The first-order valence-electron chi connectivity index (χ1n) is 8.54. The number of esters is 2. The SMILES string of the molecule is CCOC(=O)C1=C(COC(=O)c2cc(Cl)ccc2F)NC(=O)NC1c1ccco1. The standard InChI is InChI=1S/C19H16ClFN2O6/c1-2-27-18(25)15-13(22-19(26)23-16(15)14-4-3-7-28-14)9-29-17(24)11-8-10(20)5-6-12(11)21/h3-8,16H,2,9H2,1H3,(H2,22,23,26). The van der Waals surface area contributed by atoms with Crippen LogP contribution in [0.2, 0.25) is 5.02 Å². The lowest BCUT2D eigenvalue weighted by Crippen LogP contribution is -2.47. The van der Waals surface area contributed by atoms with E-state index in [1.165, 1.54) is 12.3 Å². The van der Waals surface area contributed by atoms with Gasteiger partial charge in [-0.15, -0.1) is 0 Å². The van der Waals surface area contributed by atoms with Crippen LogP contribution in [0.5, 0.6) is 0 Å². The normalized spacial score (nSPS) is 16.1. The second-order valence-electron chi connectivity index (χ2n) is 5.86. The van der Waals surface area contributed by atoms with Crippen molar-refractivity contribution in [1.82, 2.24) is 10.6 Å². The molecule has 1 aromatic heterocycles. The third-order valence-electron chi connectivity index (χ3n) is 3.97. The number of urea groups is 1. The molecule has 1 aliphatic heterocycles. The van der Waals surface area contributed by atoms with Crippen molar-refractivity contribution >= 4 is 29.6 Å². The van der Waals surface area contributed by atoms with E-state index in [-0.39, 0.29) is 34.2 Å². The first kappa shape index (κ1) is 20.4. The molecule has 8 nitrogen and oxygen atoms in total. The zero-order valence-electron chi connectivity index (χ0n) is 15.2. The van der Waals surface area contributed by atoms with Crippen LogP contribution >= 0.6 is 11.6 Å². The van der Waals surface area contributed by atoms with Gasteiger partial charge in [0.25, 0.3) is 0 Å². The molecular weight excluding hydrogens is 407 g/mol. The van der Waals surface area contributed by atoms with Gasteiger partial charge in [0.1, 0.15) is 24.2 Å². The molecule has 0 bridgehead atoms. The fourth-order valence-corrected chi connectivity index (χ4v) is 2.89. The lowest BCUT2D eigenvalue weighted by Gasteiger charge is -2.27. The van der Waals surface area contributed by atoms with E-state index in [4.69, 9.17) is 25.5 Å². The number of hydrogen-bond acceptors (Lipinski definition) is 6. The topological polar surface area (TPSA) is 107 Å². The zero-order chi connectivity index (χ0) is 21.0. The maximum absolute atomic E-state index is 13.9. The summed E-state index contributed by atoms with van der Waals surface area (Å²) in [5.41, 5.74) is -0.385. The average Bonchev–Trinajstić information content (AvgIpc) is 3.22. The molecule has 1 aliphatic rings. The number of amides is 2. The van der Waals surface area contributed by atoms with Crippen molar-refractivity contribution in [2.24, 2.45) is 0 Å². The van der Waals surface area contributed by atoms with Crippen molar-refractivity contribution < 1.29 is 32.7 Å². The Kier molecular flexibility index (Phi) is 6.18. The smallest absolute Gasteiger partial charge is 0.341 e. The highest BCUT2D eigenvalue weighted by Crippen LogP contribution is 2.28. The first-order valence-corrected chi connectivity index (χ1v) is 8.91. The molecule has 10 heteroatoms. The van der Waals surface area contributed by atoms with Crippen LogP contribution in [0.4, 0.5) is 9.18 Å². The Bertz CT molecular complexity index is 973. The van der Waals surface area contributed by atoms with E-state index >= 15 is 0 Å². The first-order chi connectivity index (χ1) is 13.9. The summed E-state index contributed by atoms with van der Waals surface area (Å²) in [6, 6.07) is 5.01. The van der Waals surface area contributed by atoms with Gasteiger partial charge in [0.05, 0.1) is 29.7 Å². The molecule has 0 spiro atoms. The lowest BCUT2D eigenvalue weighted by molar-refractivity contribution is -0.139. The minimum absolute atomic E-state index is 0.000709. The molecular formula is C19H16ClFN2O6. The van der Waals surface area contributed by atoms with Crippen molar-refractivity contribution in [2.75, 3.05) is 13.2 Å². The third kappa shape index (κ3) is 4.57. The van der Waals surface area contributed by atoms with Crippen LogP contribution in [-0.2, 0) is 14.3 Å². The Balaban J connectivity index is 1.90. The monoisotopic (exact) mass is 422 g/mol. The highest BCUT2D eigenvalue weighted by molar-refractivity contribution is 6.30. The van der Waals surface area contributed by atoms with E-state index in [1.54, 1.807) is 19.1 Å². The molecule has 0 saturated heterocycles. The molecule has 1 aromatic carbocycles. The number of ether oxygens (including phenoxy) is 2. The highest BCUT2D eigenvalue weighted by atomic mass is 35.5. The molecule has 0 fully saturated rings. The summed E-state index contributed by atoms with van der Waals surface area (Å²) in [7, 11) is 0. The van der Waals surface area contributed by atoms with Gasteiger partial charge < -0.3 is 24.5 Å². The van der Waals surface area contributed by atoms with Crippen LogP contribution in [0.25, 0.3) is 0 Å². The van der Waals surface area contributed by atoms with E-state index < -0.39 is 36.4 Å². The summed E-state index contributed by atoms with van der Waals surface area (Å²) in [5.74, 6) is -2.28. The predicted octanol–water partition coefficient (Wildman–Crippen LogP) is 3.10. The second kappa shape index (κ2) is 8.78. The fraction of sp³-hybridized carbons (Fsp3) is 0.211. The number of carbonyl (C=O) groups excluding carboxylic acids is 3. The molecule has 2 aromatic rings. The van der Waals surface area contributed by atoms with Crippen LogP contribution in [0.3, 0.4) is 0 Å². The minimum atomic E-state index is -1.01. The van der Waals surface area contributed by atoms with Gasteiger partial charge in [0.15, 0.2) is 0 Å². The van der Waals surface area contributed by atoms with E-state index in [2.05, 4.69) is 10.6 Å². The van der Waals surface area contributed by atoms with Gasteiger partial charge in [-0.1, -0.05) is 11.6 Å². The van der Waals surface area contributed by atoms with Crippen molar-refractivity contribution in [3.8, 4) is 0 Å². The summed E-state index contributed by atoms with van der Waals surface area (Å²) in [6.45, 7) is 1.20. The van der Waals surface area contributed by atoms with Gasteiger partial charge in [-0.25, -0.2) is 18.8 Å². The number of halogens is 2. The molecule has 1 atom stereocenters. The van der Waals surface area contributed by atoms with E-state index in [0.717, 1.165) is 12.1 Å². The van der Waals surface area contributed by atoms with Crippen LogP contribution in [0.15, 0.2) is 52.3 Å². The summed E-state index contributed by atoms with van der Waals surface area (Å²) in [6.07, 6.45) is 1.38. The largest absolute Gasteiger partial charge is 0.467 e. The van der Waals surface area contributed by atoms with Crippen molar-refractivity contribution in [1.29, 1.82) is 0 Å². The quantitative estimate of drug-likeness (QED) is 0.693. The van der Waals surface area contributed by atoms with Gasteiger partial charge >= 0.3 is 18.0 Å². The van der Waals surface area contributed by atoms with Gasteiger partial charge in [-0.2, -0.15) is 0 Å². The molecule has 0 saturated carbocycles. The van der Waals surface area contributed by atoms with Crippen molar-refractivity contribution in [3.63, 3.8) is 0 Å². The predicted molar refractivity (Wildman–Crippen MR) is 98.5 cm³/mol. The van der Waals surface area contributed by atoms with Crippen molar-refractivity contribution in [2.45, 2.75) is 13.0 Å². The van der Waals surface area contributed by atoms with Gasteiger partial charge in [0, 0.05) is 5.02 Å². The van der Waals surface area contributed by atoms with Crippen LogP contribution < -0.4 is 10.6 Å². The number of nitrogens with one attached hydrogen (secondary N) is 2. The van der Waals surface area contributed by atoms with Gasteiger partial charge in [-0.05, 0) is 37.3 Å². The summed E-state index contributed by atoms with van der Waals surface area (Å²) < 4.78 is 29.3. The number of benzene rings is 1. The molecule has 0 radical (unpaired) electrons. The number of rotatable bonds is 6. The van der Waals surface area contributed by atoms with E-state index in [9.17, 15) is 18.8 Å². The Hall–Kier alpha value is -3.33. The number of furan rings is 1. The Morgan fingerprint density at radius 3 is 2.72 bits per heavy atom. The Morgan fingerprint density at radius 1 is 1.24 bits per heavy atom. The number of hydrogen-bond donors (Lipinski definition) is 2. The van der Waals surface area contributed by atoms with Gasteiger partial charge in [-0.3, -0.25) is 0 Å². The summed E-state index contributed by atoms with van der Waals surface area (Å²) in [4.78, 5) is 36.8. The summed E-state index contributed by atoms with van der Waals surface area (Å²) in [5, 5.41) is 5.12. The average molecular weight is 423 g/mol. The second-order valence-corrected chi connectivity index (χ2v) is 6.30. The third-order valence-corrected chi connectivity index (χ3v) is 4.21. The number of carbonyl (C=O) groups is 3. The fourth-order valence-electron chi connectivity index (χ4n) is 2.72. The Labute approximate surface area is 169 Å². The van der Waals surface area contributed by atoms with Gasteiger partial charge in [0.2, 0.25) is 0 Å². The maximum Gasteiger partial charge on any atom is 0.341 e. The molecule has 2 N–H and O–H groups in total. The highest BCUT2D eigenvalue weighted by Gasteiger charge is 2.35. The van der Waals surface area contributed by atoms with Crippen LogP contribution in [-0.4, -0.2) is 31.2 Å². The summed E-state index contributed by atoms with van der Waals surface area (Å²) >= 11 is 5.78. The molecule has 3 rings (SSSR count). The molecule has 2 amide bonds. The van der Waals surface area contributed by atoms with Crippen molar-refractivity contribution in [3.05, 3.63) is 70.0 Å². The zero-order valence-corrected chi connectivity index (χ0v) is 15.9. The van der Waals surface area contributed by atoms with Crippen LogP contribution in [0, 0.1) is 5.82 Å². The van der Waals surface area contributed by atoms with E-state index in [0.29, 0.717) is 0 Å². The van der Waals surface area contributed by atoms with E-state index in [1.807, 2.05) is 0 Å². The molecule has 29 heavy (non-hydrogen) atoms. The maximum atomic E-state index is 13.9. The molecule has 0 aliphatic carbocycles. The lowest BCUT2D eigenvalue weighted by atomic mass is 10.0. The Morgan fingerprint density at radius 2 is 2.03 bits per heavy atom. The molecule has 152 valence electrons. The molecule has 1 unspecified atom stereocenters. The van der Waals surface area contributed by atoms with Crippen LogP contribution in [0.1, 0.15) is 29.1 Å². The minimum Gasteiger partial charge on any atom is -0.467 e. The molecule has 2 heterocycles.